The monoisotopic (exact) mass is 280 g/mol. The van der Waals surface area contributed by atoms with E-state index in [0.717, 1.165) is 7.11 Å². The maximum atomic E-state index is 11.6. The first-order chi connectivity index (χ1) is 9.52. The van der Waals surface area contributed by atoms with Crippen LogP contribution in [0.2, 0.25) is 0 Å². The van der Waals surface area contributed by atoms with Crippen molar-refractivity contribution in [3.8, 4) is 0 Å². The molecule has 0 aliphatic heterocycles. The maximum absolute atomic E-state index is 11.6. The van der Waals surface area contributed by atoms with Crippen molar-refractivity contribution in [2.24, 2.45) is 0 Å². The molecule has 0 aliphatic carbocycles. The second-order valence-corrected chi connectivity index (χ2v) is 3.94. The first-order valence-electron chi connectivity index (χ1n) is 5.92. The summed E-state index contributed by atoms with van der Waals surface area (Å²) in [6.45, 7) is 0.0281. The molecular weight excluding hydrogens is 264 g/mol. The van der Waals surface area contributed by atoms with Crippen LogP contribution >= 0.6 is 0 Å². The Morgan fingerprint density at radius 2 is 1.90 bits per heavy atom. The van der Waals surface area contributed by atoms with Gasteiger partial charge in [-0.2, -0.15) is 0 Å². The number of hydrogen-bond acceptors (Lipinski definition) is 5. The van der Waals surface area contributed by atoms with Gasteiger partial charge in [0.1, 0.15) is 0 Å². The molecule has 1 rings (SSSR count). The summed E-state index contributed by atoms with van der Waals surface area (Å²) >= 11 is 0. The Morgan fingerprint density at radius 1 is 1.25 bits per heavy atom. The van der Waals surface area contributed by atoms with E-state index in [9.17, 15) is 14.4 Å². The third-order valence-corrected chi connectivity index (χ3v) is 2.48. The van der Waals surface area contributed by atoms with Gasteiger partial charge in [0, 0.05) is 12.2 Å². The van der Waals surface area contributed by atoms with Gasteiger partial charge in [-0.25, -0.2) is 4.79 Å². The Balaban J connectivity index is 2.70. The number of rotatable bonds is 6. The number of benzene rings is 1. The SMILES string of the molecule is COC(=O)NC(=O)CN(CCC(=O)O)c1ccccc1. The van der Waals surface area contributed by atoms with Crippen LogP contribution in [0.3, 0.4) is 0 Å². The van der Waals surface area contributed by atoms with Gasteiger partial charge in [0.2, 0.25) is 5.91 Å². The minimum Gasteiger partial charge on any atom is -0.481 e. The number of para-hydroxylation sites is 1. The molecule has 0 bridgehead atoms. The van der Waals surface area contributed by atoms with Crippen LogP contribution < -0.4 is 10.2 Å². The van der Waals surface area contributed by atoms with Crippen molar-refractivity contribution in [1.82, 2.24) is 5.32 Å². The molecule has 0 unspecified atom stereocenters. The quantitative estimate of drug-likeness (QED) is 0.802. The van der Waals surface area contributed by atoms with Crippen LogP contribution in [0.25, 0.3) is 0 Å². The fraction of sp³-hybridized carbons (Fsp3) is 0.308. The lowest BCUT2D eigenvalue weighted by atomic mass is 10.2. The molecule has 2 N–H and O–H groups in total. The van der Waals surface area contributed by atoms with Crippen LogP contribution in [0, 0.1) is 0 Å². The second kappa shape index (κ2) is 7.78. The highest BCUT2D eigenvalue weighted by Gasteiger charge is 2.15. The average Bonchev–Trinajstić information content (AvgIpc) is 2.44. The Morgan fingerprint density at radius 3 is 2.45 bits per heavy atom. The molecule has 0 spiro atoms. The number of imide groups is 1. The Kier molecular flexibility index (Phi) is 6.02. The number of nitrogens with one attached hydrogen (secondary N) is 1. The van der Waals surface area contributed by atoms with Crippen LogP contribution in [0.15, 0.2) is 30.3 Å². The largest absolute Gasteiger partial charge is 0.481 e. The van der Waals surface area contributed by atoms with Crippen molar-refractivity contribution in [2.75, 3.05) is 25.1 Å². The fourth-order valence-electron chi connectivity index (χ4n) is 1.55. The van der Waals surface area contributed by atoms with E-state index in [2.05, 4.69) is 4.74 Å². The van der Waals surface area contributed by atoms with Gasteiger partial charge in [-0.15, -0.1) is 0 Å². The maximum Gasteiger partial charge on any atom is 0.413 e. The Bertz CT molecular complexity index is 475. The Labute approximate surface area is 116 Å². The molecule has 20 heavy (non-hydrogen) atoms. The molecule has 0 atom stereocenters. The number of carbonyl (C=O) groups excluding carboxylic acids is 2. The molecule has 1 aromatic rings. The number of hydrogen-bond donors (Lipinski definition) is 2. The summed E-state index contributed by atoms with van der Waals surface area (Å²) in [6.07, 6.45) is -0.957. The van der Waals surface area contributed by atoms with E-state index >= 15 is 0 Å². The number of alkyl carbamates (subject to hydrolysis) is 1. The summed E-state index contributed by atoms with van der Waals surface area (Å²) in [5.74, 6) is -1.52. The van der Waals surface area contributed by atoms with E-state index in [0.29, 0.717) is 5.69 Å². The first-order valence-corrected chi connectivity index (χ1v) is 5.92. The summed E-state index contributed by atoms with van der Waals surface area (Å²) < 4.78 is 4.32. The molecule has 0 heterocycles. The smallest absolute Gasteiger partial charge is 0.413 e. The third kappa shape index (κ3) is 5.38. The average molecular weight is 280 g/mol. The van der Waals surface area contributed by atoms with Gasteiger partial charge in [-0.1, -0.05) is 18.2 Å². The normalized spacial score (nSPS) is 9.65. The van der Waals surface area contributed by atoms with Crippen LogP contribution in [0.5, 0.6) is 0 Å². The van der Waals surface area contributed by atoms with Crippen molar-refractivity contribution in [2.45, 2.75) is 6.42 Å². The van der Waals surface area contributed by atoms with Crippen molar-refractivity contribution in [3.63, 3.8) is 0 Å². The molecule has 7 heteroatoms. The number of carbonyl (C=O) groups is 3. The van der Waals surface area contributed by atoms with Crippen molar-refractivity contribution in [3.05, 3.63) is 30.3 Å². The molecule has 108 valence electrons. The van der Waals surface area contributed by atoms with Gasteiger partial charge >= 0.3 is 12.1 Å². The topological polar surface area (TPSA) is 95.9 Å². The van der Waals surface area contributed by atoms with Crippen LogP contribution in [-0.2, 0) is 14.3 Å². The molecule has 0 radical (unpaired) electrons. The lowest BCUT2D eigenvalue weighted by Gasteiger charge is -2.23. The molecule has 7 nitrogen and oxygen atoms in total. The zero-order valence-corrected chi connectivity index (χ0v) is 11.0. The van der Waals surface area contributed by atoms with Gasteiger partial charge in [-0.3, -0.25) is 14.9 Å². The van der Waals surface area contributed by atoms with E-state index in [4.69, 9.17) is 5.11 Å². The lowest BCUT2D eigenvalue weighted by molar-refractivity contribution is -0.136. The number of ether oxygens (including phenoxy) is 1. The predicted molar refractivity (Wildman–Crippen MR) is 71.5 cm³/mol. The zero-order valence-electron chi connectivity index (χ0n) is 11.0. The second-order valence-electron chi connectivity index (χ2n) is 3.94. The molecule has 0 saturated carbocycles. The summed E-state index contributed by atoms with van der Waals surface area (Å²) in [4.78, 5) is 34.8. The number of amides is 2. The minimum atomic E-state index is -0.959. The van der Waals surface area contributed by atoms with Crippen molar-refractivity contribution < 1.29 is 24.2 Å². The highest BCUT2D eigenvalue weighted by molar-refractivity contribution is 5.94. The number of anilines is 1. The standard InChI is InChI=1S/C13H16N2O5/c1-20-13(19)14-11(16)9-15(8-7-12(17)18)10-5-3-2-4-6-10/h2-6H,7-9H2,1H3,(H,17,18)(H,14,16,19). The first kappa shape index (κ1) is 15.5. The van der Waals surface area contributed by atoms with E-state index in [1.165, 1.54) is 0 Å². The van der Waals surface area contributed by atoms with Gasteiger partial charge < -0.3 is 14.7 Å². The van der Waals surface area contributed by atoms with E-state index in [1.807, 2.05) is 11.4 Å². The van der Waals surface area contributed by atoms with E-state index < -0.39 is 18.0 Å². The number of methoxy groups -OCH3 is 1. The van der Waals surface area contributed by atoms with E-state index in [1.54, 1.807) is 29.2 Å². The number of nitrogens with zero attached hydrogens (tertiary/aromatic N) is 1. The summed E-state index contributed by atoms with van der Waals surface area (Å²) in [5.41, 5.74) is 0.703. The summed E-state index contributed by atoms with van der Waals surface area (Å²) in [6, 6.07) is 8.89. The zero-order chi connectivity index (χ0) is 15.0. The highest BCUT2D eigenvalue weighted by atomic mass is 16.5. The summed E-state index contributed by atoms with van der Waals surface area (Å²) in [5, 5.41) is 10.8. The van der Waals surface area contributed by atoms with E-state index in [-0.39, 0.29) is 19.5 Å². The fourth-order valence-corrected chi connectivity index (χ4v) is 1.55. The predicted octanol–water partition coefficient (Wildman–Crippen LogP) is 0.850. The Hall–Kier alpha value is -2.57. The molecule has 0 aliphatic rings. The van der Waals surface area contributed by atoms with Crippen LogP contribution in [0.4, 0.5) is 10.5 Å². The molecular formula is C13H16N2O5. The lowest BCUT2D eigenvalue weighted by Crippen LogP contribution is -2.40. The van der Waals surface area contributed by atoms with Gasteiger partial charge in [0.05, 0.1) is 20.1 Å². The van der Waals surface area contributed by atoms with Gasteiger partial charge in [-0.05, 0) is 12.1 Å². The van der Waals surface area contributed by atoms with Gasteiger partial charge in [0.15, 0.2) is 0 Å². The molecule has 0 saturated heterocycles. The van der Waals surface area contributed by atoms with Crippen LogP contribution in [0.1, 0.15) is 6.42 Å². The third-order valence-electron chi connectivity index (χ3n) is 2.48. The van der Waals surface area contributed by atoms with Gasteiger partial charge in [0.25, 0.3) is 0 Å². The molecule has 0 aromatic heterocycles. The number of carboxylic acid groups (broad SMARTS) is 1. The molecule has 1 aromatic carbocycles. The minimum absolute atomic E-state index is 0.111. The number of aliphatic carboxylic acids is 1. The summed E-state index contributed by atoms with van der Waals surface area (Å²) in [7, 11) is 1.15. The van der Waals surface area contributed by atoms with Crippen molar-refractivity contribution >= 4 is 23.7 Å². The van der Waals surface area contributed by atoms with Crippen molar-refractivity contribution in [1.29, 1.82) is 0 Å². The molecule has 2 amide bonds. The van der Waals surface area contributed by atoms with Crippen LogP contribution in [-0.4, -0.2) is 43.3 Å². The number of carboxylic acids is 1. The highest BCUT2D eigenvalue weighted by Crippen LogP contribution is 2.13. The molecule has 0 fully saturated rings.